The van der Waals surface area contributed by atoms with Crippen molar-refractivity contribution in [3.63, 3.8) is 0 Å². The number of hydrogen-bond donors (Lipinski definition) is 3. The Hall–Kier alpha value is -2.86. The lowest BCUT2D eigenvalue weighted by Gasteiger charge is -2.03. The lowest BCUT2D eigenvalue weighted by atomic mass is 10.1. The number of nitrogen functional groups attached to an aromatic ring is 1. The highest BCUT2D eigenvalue weighted by Crippen LogP contribution is 2.41. The maximum absolute atomic E-state index is 13.2. The van der Waals surface area contributed by atoms with E-state index in [1.807, 2.05) is 6.92 Å². The predicted molar refractivity (Wildman–Crippen MR) is 119 cm³/mol. The molecular formula is C19H16FN5O2S3. The van der Waals surface area contributed by atoms with Gasteiger partial charge in [0, 0.05) is 16.1 Å². The highest BCUT2D eigenvalue weighted by Gasteiger charge is 2.18. The molecule has 4 aromatic rings. The standard InChI is InChI=1S/C19H16FN5O2S3/c1-10-15(11-2-4-12(20)5-3-11)24-18(28-10)16-17(21)25-19(29-16)23-13-6-8-14(9-7-13)30(22,26)27/h2-9H,21H2,1H3,(H,23,25)(H2,22,26,27). The molecule has 2 heterocycles. The van der Waals surface area contributed by atoms with Gasteiger partial charge in [0.05, 0.1) is 10.6 Å². The highest BCUT2D eigenvalue weighted by molar-refractivity contribution is 7.89. The number of sulfonamides is 1. The first-order chi connectivity index (χ1) is 14.2. The van der Waals surface area contributed by atoms with Gasteiger partial charge < -0.3 is 11.1 Å². The molecule has 2 aromatic heterocycles. The van der Waals surface area contributed by atoms with E-state index in [1.165, 1.54) is 46.9 Å². The van der Waals surface area contributed by atoms with Crippen LogP contribution >= 0.6 is 22.7 Å². The number of nitrogens with one attached hydrogen (secondary N) is 1. The van der Waals surface area contributed by atoms with Crippen LogP contribution in [0, 0.1) is 12.7 Å². The Morgan fingerprint density at radius 1 is 1.00 bits per heavy atom. The van der Waals surface area contributed by atoms with E-state index in [-0.39, 0.29) is 10.7 Å². The van der Waals surface area contributed by atoms with E-state index in [0.717, 1.165) is 26.0 Å². The van der Waals surface area contributed by atoms with Crippen LogP contribution in [0.25, 0.3) is 21.1 Å². The summed E-state index contributed by atoms with van der Waals surface area (Å²) in [6.07, 6.45) is 0. The molecule has 0 unspecified atom stereocenters. The summed E-state index contributed by atoms with van der Waals surface area (Å²) in [5.41, 5.74) is 8.35. The number of hydrogen-bond acceptors (Lipinski definition) is 8. The van der Waals surface area contributed by atoms with Crippen LogP contribution < -0.4 is 16.2 Å². The molecule has 0 bridgehead atoms. The largest absolute Gasteiger partial charge is 0.382 e. The zero-order valence-corrected chi connectivity index (χ0v) is 18.0. The van der Waals surface area contributed by atoms with E-state index in [1.54, 1.807) is 24.3 Å². The van der Waals surface area contributed by atoms with Gasteiger partial charge >= 0.3 is 0 Å². The summed E-state index contributed by atoms with van der Waals surface area (Å²) in [5, 5.41) is 9.48. The van der Waals surface area contributed by atoms with Gasteiger partial charge in [-0.25, -0.2) is 27.9 Å². The van der Waals surface area contributed by atoms with Crippen LogP contribution in [0.2, 0.25) is 0 Å². The molecule has 7 nitrogen and oxygen atoms in total. The number of aromatic nitrogens is 2. The fraction of sp³-hybridized carbons (Fsp3) is 0.0526. The minimum atomic E-state index is -3.75. The number of aryl methyl sites for hydroxylation is 1. The van der Waals surface area contributed by atoms with Gasteiger partial charge in [-0.15, -0.1) is 11.3 Å². The first-order valence-electron chi connectivity index (χ1n) is 8.60. The van der Waals surface area contributed by atoms with Gasteiger partial charge in [0.1, 0.15) is 21.5 Å². The summed E-state index contributed by atoms with van der Waals surface area (Å²) in [7, 11) is -3.75. The molecule has 0 atom stereocenters. The van der Waals surface area contributed by atoms with Crippen LogP contribution in [0.4, 0.5) is 21.0 Å². The third kappa shape index (κ3) is 4.19. The summed E-state index contributed by atoms with van der Waals surface area (Å²) in [6.45, 7) is 1.95. The first-order valence-corrected chi connectivity index (χ1v) is 11.8. The third-order valence-corrected chi connectivity index (χ3v) is 7.24. The zero-order valence-electron chi connectivity index (χ0n) is 15.6. The smallest absolute Gasteiger partial charge is 0.238 e. The van der Waals surface area contributed by atoms with Crippen LogP contribution in [0.15, 0.2) is 53.4 Å². The van der Waals surface area contributed by atoms with Crippen LogP contribution in [0.5, 0.6) is 0 Å². The monoisotopic (exact) mass is 461 g/mol. The normalized spacial score (nSPS) is 11.6. The maximum atomic E-state index is 13.2. The van der Waals surface area contributed by atoms with E-state index in [0.29, 0.717) is 16.6 Å². The number of benzene rings is 2. The van der Waals surface area contributed by atoms with E-state index in [9.17, 15) is 12.8 Å². The van der Waals surface area contributed by atoms with E-state index in [2.05, 4.69) is 15.3 Å². The minimum absolute atomic E-state index is 0.0268. The lowest BCUT2D eigenvalue weighted by molar-refractivity contribution is 0.598. The van der Waals surface area contributed by atoms with E-state index in [4.69, 9.17) is 10.9 Å². The molecule has 4 rings (SSSR count). The van der Waals surface area contributed by atoms with Crippen LogP contribution in [-0.2, 0) is 10.0 Å². The molecule has 30 heavy (non-hydrogen) atoms. The number of nitrogens with zero attached hydrogens (tertiary/aromatic N) is 2. The first kappa shape index (κ1) is 20.4. The van der Waals surface area contributed by atoms with Gasteiger partial charge in [-0.2, -0.15) is 0 Å². The molecule has 154 valence electrons. The molecule has 0 spiro atoms. The Bertz CT molecular complexity index is 1310. The van der Waals surface area contributed by atoms with Crippen molar-refractivity contribution in [3.8, 4) is 21.1 Å². The van der Waals surface area contributed by atoms with Gasteiger partial charge in [-0.3, -0.25) is 0 Å². The molecule has 0 radical (unpaired) electrons. The topological polar surface area (TPSA) is 124 Å². The van der Waals surface area contributed by atoms with Crippen LogP contribution in [-0.4, -0.2) is 18.4 Å². The average molecular weight is 462 g/mol. The number of primary sulfonamides is 1. The number of rotatable bonds is 5. The summed E-state index contributed by atoms with van der Waals surface area (Å²) in [5.74, 6) is 0.0365. The number of anilines is 3. The van der Waals surface area contributed by atoms with Gasteiger partial charge in [-0.05, 0) is 55.5 Å². The lowest BCUT2D eigenvalue weighted by Crippen LogP contribution is -2.11. The van der Waals surface area contributed by atoms with E-state index >= 15 is 0 Å². The molecule has 11 heteroatoms. The van der Waals surface area contributed by atoms with Gasteiger partial charge in [0.2, 0.25) is 10.0 Å². The zero-order chi connectivity index (χ0) is 21.5. The number of thiazole rings is 2. The van der Waals surface area contributed by atoms with Gasteiger partial charge in [0.25, 0.3) is 0 Å². The average Bonchev–Trinajstić information content (AvgIpc) is 3.24. The Kier molecular flexibility index (Phi) is 5.28. The van der Waals surface area contributed by atoms with Crippen molar-refractivity contribution >= 4 is 49.3 Å². The second-order valence-corrected chi connectivity index (χ2v) is 10.1. The molecule has 0 fully saturated rings. The fourth-order valence-corrected chi connectivity index (χ4v) is 5.20. The third-order valence-electron chi connectivity index (χ3n) is 4.20. The molecule has 0 amide bonds. The molecule has 5 N–H and O–H groups in total. The van der Waals surface area contributed by atoms with Crippen molar-refractivity contribution < 1.29 is 12.8 Å². The minimum Gasteiger partial charge on any atom is -0.382 e. The number of halogens is 1. The van der Waals surface area contributed by atoms with Crippen molar-refractivity contribution in [1.29, 1.82) is 0 Å². The molecule has 0 aliphatic rings. The molecule has 0 aliphatic heterocycles. The Morgan fingerprint density at radius 3 is 2.30 bits per heavy atom. The molecule has 0 saturated heterocycles. The van der Waals surface area contributed by atoms with Crippen molar-refractivity contribution in [2.75, 3.05) is 11.1 Å². The highest BCUT2D eigenvalue weighted by atomic mass is 32.2. The summed E-state index contributed by atoms with van der Waals surface area (Å²) < 4.78 is 35.9. The Balaban J connectivity index is 1.60. The summed E-state index contributed by atoms with van der Waals surface area (Å²) >= 11 is 2.82. The molecule has 0 saturated carbocycles. The van der Waals surface area contributed by atoms with Crippen LogP contribution in [0.1, 0.15) is 4.88 Å². The maximum Gasteiger partial charge on any atom is 0.238 e. The van der Waals surface area contributed by atoms with Crippen molar-refractivity contribution in [3.05, 3.63) is 59.2 Å². The summed E-state index contributed by atoms with van der Waals surface area (Å²) in [6, 6.07) is 12.2. The fourth-order valence-electron chi connectivity index (χ4n) is 2.76. The molecule has 0 aliphatic carbocycles. The van der Waals surface area contributed by atoms with E-state index < -0.39 is 10.0 Å². The summed E-state index contributed by atoms with van der Waals surface area (Å²) in [4.78, 5) is 10.7. The van der Waals surface area contributed by atoms with Crippen molar-refractivity contribution in [1.82, 2.24) is 9.97 Å². The predicted octanol–water partition coefficient (Wildman–Crippen LogP) is 4.35. The quantitative estimate of drug-likeness (QED) is 0.406. The molecular weight excluding hydrogens is 445 g/mol. The number of nitrogens with two attached hydrogens (primary N) is 2. The van der Waals surface area contributed by atoms with Gasteiger partial charge in [-0.1, -0.05) is 11.3 Å². The Labute approximate surface area is 180 Å². The second-order valence-electron chi connectivity index (χ2n) is 6.36. The Morgan fingerprint density at radius 2 is 1.67 bits per heavy atom. The van der Waals surface area contributed by atoms with Crippen molar-refractivity contribution in [2.45, 2.75) is 11.8 Å². The SMILES string of the molecule is Cc1sc(-c2sc(Nc3ccc(S(N)(=O)=O)cc3)nc2N)nc1-c1ccc(F)cc1. The van der Waals surface area contributed by atoms with Crippen LogP contribution in [0.3, 0.4) is 0 Å². The molecule has 2 aromatic carbocycles. The second kappa shape index (κ2) is 7.76. The van der Waals surface area contributed by atoms with Crippen molar-refractivity contribution in [2.24, 2.45) is 5.14 Å². The van der Waals surface area contributed by atoms with Gasteiger partial charge in [0.15, 0.2) is 5.13 Å².